The first-order valence-corrected chi connectivity index (χ1v) is 5.38. The van der Waals surface area contributed by atoms with Gasteiger partial charge in [0, 0.05) is 6.54 Å². The van der Waals surface area contributed by atoms with E-state index in [1.807, 2.05) is 0 Å². The number of carbonyl (C=O) groups is 1. The van der Waals surface area contributed by atoms with Gasteiger partial charge >= 0.3 is 12.4 Å². The van der Waals surface area contributed by atoms with E-state index in [4.69, 9.17) is 0 Å². The van der Waals surface area contributed by atoms with Crippen molar-refractivity contribution in [2.75, 3.05) is 6.54 Å². The molecule has 2 nitrogen and oxygen atoms in total. The number of carbonyl (C=O) groups excluding carboxylic acids is 1. The fourth-order valence-electron chi connectivity index (χ4n) is 0.919. The van der Waals surface area contributed by atoms with Gasteiger partial charge in [-0.05, 0) is 6.42 Å². The van der Waals surface area contributed by atoms with Crippen LogP contribution in [-0.2, 0) is 4.79 Å². The van der Waals surface area contributed by atoms with E-state index in [2.05, 4.69) is 0 Å². The lowest BCUT2D eigenvalue weighted by Gasteiger charge is -2.30. The summed E-state index contributed by atoms with van der Waals surface area (Å²) in [5.74, 6) is -2.15. The van der Waals surface area contributed by atoms with E-state index in [1.165, 1.54) is 15.9 Å². The highest BCUT2D eigenvalue weighted by molar-refractivity contribution is 9.10. The third-order valence-electron chi connectivity index (χ3n) is 1.91. The predicted molar refractivity (Wildman–Crippen MR) is 51.7 cm³/mol. The summed E-state index contributed by atoms with van der Waals surface area (Å²) >= 11 is 1.48. The molecule has 0 aromatic carbocycles. The first-order valence-electron chi connectivity index (χ1n) is 4.59. The van der Waals surface area contributed by atoms with Crippen LogP contribution in [0.4, 0.5) is 26.3 Å². The summed E-state index contributed by atoms with van der Waals surface area (Å²) in [6.45, 7) is 1.44. The number of unbranched alkanes of at least 4 members (excludes halogenated alkanes) is 1. The van der Waals surface area contributed by atoms with Crippen LogP contribution in [0.25, 0.3) is 0 Å². The monoisotopic (exact) mass is 329 g/mol. The van der Waals surface area contributed by atoms with Crippen LogP contribution in [0.1, 0.15) is 19.8 Å². The minimum absolute atomic E-state index is 0.241. The predicted octanol–water partition coefficient (Wildman–Crippen LogP) is 3.16. The van der Waals surface area contributed by atoms with Gasteiger partial charge in [-0.25, -0.2) is 0 Å². The number of rotatable bonds is 4. The Hall–Kier alpha value is -0.470. The van der Waals surface area contributed by atoms with Crippen LogP contribution in [0.5, 0.6) is 0 Å². The number of amides is 1. The third-order valence-corrected chi connectivity index (χ3v) is 3.17. The topological polar surface area (TPSA) is 29.1 Å². The molecule has 0 saturated heterocycles. The van der Waals surface area contributed by atoms with Crippen molar-refractivity contribution in [3.63, 3.8) is 0 Å². The van der Waals surface area contributed by atoms with Gasteiger partial charge in [-0.15, -0.1) is 0 Å². The lowest BCUT2D eigenvalue weighted by atomic mass is 10.1. The van der Waals surface area contributed by atoms with Crippen molar-refractivity contribution in [1.29, 1.82) is 0 Å². The molecule has 0 aliphatic carbocycles. The highest BCUT2D eigenvalue weighted by Gasteiger charge is 2.74. The smallest absolute Gasteiger partial charge is 0.354 e. The molecular formula is C8H10BrF6NO. The van der Waals surface area contributed by atoms with E-state index in [9.17, 15) is 31.1 Å². The Balaban J connectivity index is 5.03. The van der Waals surface area contributed by atoms with Crippen LogP contribution in [0.3, 0.4) is 0 Å². The largest absolute Gasteiger partial charge is 0.421 e. The van der Waals surface area contributed by atoms with Gasteiger partial charge in [0.2, 0.25) is 0 Å². The van der Waals surface area contributed by atoms with Gasteiger partial charge in [-0.1, -0.05) is 29.3 Å². The van der Waals surface area contributed by atoms with Crippen LogP contribution in [0, 0.1) is 0 Å². The van der Waals surface area contributed by atoms with E-state index in [0.29, 0.717) is 12.8 Å². The second kappa shape index (κ2) is 5.45. The van der Waals surface area contributed by atoms with Gasteiger partial charge in [0.1, 0.15) is 0 Å². The summed E-state index contributed by atoms with van der Waals surface area (Å²) in [5, 5.41) is 1.61. The van der Waals surface area contributed by atoms with Gasteiger partial charge < -0.3 is 5.32 Å². The summed E-state index contributed by atoms with van der Waals surface area (Å²) in [6, 6.07) is 0. The Morgan fingerprint density at radius 3 is 1.82 bits per heavy atom. The second-order valence-electron chi connectivity index (χ2n) is 3.26. The van der Waals surface area contributed by atoms with E-state index in [1.54, 1.807) is 12.2 Å². The van der Waals surface area contributed by atoms with Crippen molar-refractivity contribution < 1.29 is 31.1 Å². The first kappa shape index (κ1) is 16.5. The maximum atomic E-state index is 12.3. The van der Waals surface area contributed by atoms with Crippen LogP contribution in [-0.4, -0.2) is 29.1 Å². The normalized spacial score (nSPS) is 13.6. The molecule has 0 unspecified atom stereocenters. The van der Waals surface area contributed by atoms with Gasteiger partial charge in [0.15, 0.2) is 0 Å². The Labute approximate surface area is 102 Å². The van der Waals surface area contributed by atoms with Gasteiger partial charge in [-0.2, -0.15) is 26.3 Å². The maximum absolute atomic E-state index is 12.3. The molecule has 0 aliphatic rings. The minimum atomic E-state index is -5.76. The Morgan fingerprint density at radius 2 is 1.53 bits per heavy atom. The van der Waals surface area contributed by atoms with Crippen LogP contribution < -0.4 is 5.32 Å². The molecule has 0 atom stereocenters. The fraction of sp³-hybridized carbons (Fsp3) is 0.875. The Morgan fingerprint density at radius 1 is 1.12 bits per heavy atom. The summed E-state index contributed by atoms with van der Waals surface area (Å²) in [5.41, 5.74) is 0. The van der Waals surface area contributed by atoms with Crippen molar-refractivity contribution in [2.45, 2.75) is 36.4 Å². The second-order valence-corrected chi connectivity index (χ2v) is 4.45. The van der Waals surface area contributed by atoms with E-state index in [0.717, 1.165) is 0 Å². The molecule has 0 saturated carbocycles. The number of halogens is 7. The molecule has 0 aromatic heterocycles. The Bertz CT molecular complexity index is 260. The molecular weight excluding hydrogens is 320 g/mol. The molecule has 102 valence electrons. The van der Waals surface area contributed by atoms with Gasteiger partial charge in [0.25, 0.3) is 10.2 Å². The van der Waals surface area contributed by atoms with Crippen LogP contribution in [0.15, 0.2) is 0 Å². The standard InChI is InChI=1S/C8H10BrF6NO/c1-2-3-4-16-5(17)6(9,7(10,11)12)8(13,14)15/h2-4H2,1H3,(H,16,17). The number of nitrogens with one attached hydrogen (secondary N) is 1. The molecule has 1 amide bonds. The average Bonchev–Trinajstić information content (AvgIpc) is 2.13. The maximum Gasteiger partial charge on any atom is 0.421 e. The molecule has 0 bridgehead atoms. The summed E-state index contributed by atoms with van der Waals surface area (Å²) < 4.78 is 69.4. The molecule has 1 N–H and O–H groups in total. The SMILES string of the molecule is CCCCNC(=O)C(Br)(C(F)(F)F)C(F)(F)F. The summed E-state index contributed by atoms with van der Waals surface area (Å²) in [6.07, 6.45) is -10.7. The van der Waals surface area contributed by atoms with Crippen molar-refractivity contribution in [3.05, 3.63) is 0 Å². The number of hydrogen-bond acceptors (Lipinski definition) is 1. The minimum Gasteiger partial charge on any atom is -0.354 e. The van der Waals surface area contributed by atoms with Crippen molar-refractivity contribution in [1.82, 2.24) is 5.32 Å². The summed E-state index contributed by atoms with van der Waals surface area (Å²) in [4.78, 5) is 11.0. The first-order chi connectivity index (χ1) is 7.48. The van der Waals surface area contributed by atoms with E-state index >= 15 is 0 Å². The molecule has 9 heteroatoms. The van der Waals surface area contributed by atoms with Gasteiger partial charge in [-0.3, -0.25) is 4.79 Å². The molecule has 0 radical (unpaired) electrons. The van der Waals surface area contributed by atoms with Crippen molar-refractivity contribution in [2.24, 2.45) is 0 Å². The van der Waals surface area contributed by atoms with E-state index < -0.39 is 22.6 Å². The molecule has 0 aromatic rings. The molecule has 0 fully saturated rings. The molecule has 0 spiro atoms. The molecule has 0 heterocycles. The van der Waals surface area contributed by atoms with Crippen LogP contribution in [0.2, 0.25) is 0 Å². The molecule has 0 rings (SSSR count). The summed E-state index contributed by atoms with van der Waals surface area (Å²) in [7, 11) is 0. The zero-order valence-electron chi connectivity index (χ0n) is 8.68. The van der Waals surface area contributed by atoms with Crippen molar-refractivity contribution >= 4 is 21.8 Å². The zero-order chi connectivity index (χ0) is 13.9. The fourth-order valence-corrected chi connectivity index (χ4v) is 1.06. The van der Waals surface area contributed by atoms with Gasteiger partial charge in [0.05, 0.1) is 0 Å². The van der Waals surface area contributed by atoms with Crippen molar-refractivity contribution in [3.8, 4) is 0 Å². The van der Waals surface area contributed by atoms with E-state index in [-0.39, 0.29) is 6.54 Å². The van der Waals surface area contributed by atoms with Crippen LogP contribution >= 0.6 is 15.9 Å². The number of alkyl halides is 7. The lowest BCUT2D eigenvalue weighted by Crippen LogP contribution is -2.61. The Kier molecular flexibility index (Phi) is 5.30. The number of hydrogen-bond donors (Lipinski definition) is 1. The highest BCUT2D eigenvalue weighted by Crippen LogP contribution is 2.49. The third kappa shape index (κ3) is 3.49. The lowest BCUT2D eigenvalue weighted by molar-refractivity contribution is -0.254. The highest BCUT2D eigenvalue weighted by atomic mass is 79.9. The average molecular weight is 330 g/mol. The molecule has 17 heavy (non-hydrogen) atoms. The zero-order valence-corrected chi connectivity index (χ0v) is 10.3. The molecule has 0 aliphatic heterocycles. The quantitative estimate of drug-likeness (QED) is 0.479.